The molecule has 2 aliphatic heterocycles. The average molecular weight is 574 g/mol. The number of ether oxygens (including phenoxy) is 3. The van der Waals surface area contributed by atoms with Crippen LogP contribution in [0.2, 0.25) is 0 Å². The molecule has 37 heavy (non-hydrogen) atoms. The summed E-state index contributed by atoms with van der Waals surface area (Å²) in [4.78, 5) is 42.5. The van der Waals surface area contributed by atoms with E-state index >= 15 is 0 Å². The lowest BCUT2D eigenvalue weighted by Gasteiger charge is -2.40. The predicted molar refractivity (Wildman–Crippen MR) is 141 cm³/mol. The fraction of sp³-hybridized carbons (Fsp3) is 0.519. The zero-order chi connectivity index (χ0) is 26.3. The molecule has 3 aliphatic rings. The van der Waals surface area contributed by atoms with Crippen LogP contribution in [0.3, 0.4) is 0 Å². The molecule has 0 bridgehead atoms. The van der Waals surface area contributed by atoms with Crippen molar-refractivity contribution in [1.29, 1.82) is 0 Å². The minimum atomic E-state index is -0.637. The molecule has 0 spiro atoms. The van der Waals surface area contributed by atoms with Gasteiger partial charge in [0.05, 0.1) is 16.0 Å². The maximum atomic E-state index is 13.2. The fourth-order valence-corrected chi connectivity index (χ4v) is 6.45. The molecule has 3 atom stereocenters. The molecular weight excluding hydrogens is 542 g/mol. The number of nitrogens with zero attached hydrogens (tertiary/aromatic N) is 3. The highest BCUT2D eigenvalue weighted by Gasteiger charge is 2.38. The van der Waals surface area contributed by atoms with Crippen LogP contribution in [0.25, 0.3) is 16.5 Å². The molecule has 1 aromatic heterocycles. The highest BCUT2D eigenvalue weighted by atomic mass is 79.9. The van der Waals surface area contributed by atoms with Crippen molar-refractivity contribution in [3.05, 3.63) is 40.0 Å². The number of aromatic nitrogens is 1. The number of carbonyl (C=O) groups excluding carboxylic acids is 3. The number of rotatable bonds is 6. The van der Waals surface area contributed by atoms with Crippen molar-refractivity contribution in [2.45, 2.75) is 45.3 Å². The Morgan fingerprint density at radius 2 is 1.97 bits per heavy atom. The Labute approximate surface area is 224 Å². The van der Waals surface area contributed by atoms with Gasteiger partial charge in [0.25, 0.3) is 0 Å². The van der Waals surface area contributed by atoms with Gasteiger partial charge in [-0.2, -0.15) is 0 Å². The number of benzene rings is 1. The van der Waals surface area contributed by atoms with Gasteiger partial charge in [0, 0.05) is 37.7 Å². The van der Waals surface area contributed by atoms with Gasteiger partial charge in [0.2, 0.25) is 12.7 Å². The minimum absolute atomic E-state index is 0.0920. The van der Waals surface area contributed by atoms with E-state index in [2.05, 4.69) is 26.9 Å². The molecule has 1 fully saturated rings. The second kappa shape index (κ2) is 10.6. The molecule has 1 unspecified atom stereocenters. The molecule has 2 aromatic rings. The lowest BCUT2D eigenvalue weighted by molar-refractivity contribution is -0.162. The van der Waals surface area contributed by atoms with Gasteiger partial charge in [-0.1, -0.05) is 18.2 Å². The summed E-state index contributed by atoms with van der Waals surface area (Å²) in [5.41, 5.74) is 3.85. The number of amides is 1. The van der Waals surface area contributed by atoms with Gasteiger partial charge in [-0.25, -0.2) is 14.2 Å². The van der Waals surface area contributed by atoms with E-state index in [-0.39, 0.29) is 17.9 Å². The second-order valence-electron chi connectivity index (χ2n) is 9.70. The first-order chi connectivity index (χ1) is 17.8. The number of hydrogen-bond acceptors (Lipinski definition) is 7. The van der Waals surface area contributed by atoms with Crippen molar-refractivity contribution in [3.8, 4) is 0 Å². The first-order valence-corrected chi connectivity index (χ1v) is 13.6. The van der Waals surface area contributed by atoms with Gasteiger partial charge >= 0.3 is 12.1 Å². The smallest absolute Gasteiger partial charge is 0.422 e. The number of fused-ring (bicyclic) bond motifs is 2. The quantitative estimate of drug-likeness (QED) is 0.383. The number of likely N-dealkylation sites (N-methyl/N-ethyl adjacent to an activating group) is 1. The van der Waals surface area contributed by atoms with Gasteiger partial charge in [-0.15, -0.1) is 0 Å². The summed E-state index contributed by atoms with van der Waals surface area (Å²) in [5, 5.41) is 0.967. The summed E-state index contributed by atoms with van der Waals surface area (Å²) in [6, 6.07) is 5.93. The van der Waals surface area contributed by atoms with Crippen molar-refractivity contribution < 1.29 is 28.6 Å². The van der Waals surface area contributed by atoms with E-state index in [0.717, 1.165) is 28.5 Å². The maximum absolute atomic E-state index is 13.2. The molecule has 0 N–H and O–H groups in total. The Morgan fingerprint density at radius 3 is 2.68 bits per heavy atom. The molecular formula is C27H32BrN3O6. The molecule has 10 heteroatoms. The maximum Gasteiger partial charge on any atom is 0.422 e. The molecule has 1 saturated heterocycles. The highest BCUT2D eigenvalue weighted by Crippen LogP contribution is 2.45. The number of esters is 1. The number of hydrogen-bond donors (Lipinski definition) is 0. The summed E-state index contributed by atoms with van der Waals surface area (Å²) in [7, 11) is 2.05. The van der Waals surface area contributed by atoms with Crippen LogP contribution in [0.5, 0.6) is 0 Å². The van der Waals surface area contributed by atoms with E-state index in [1.54, 1.807) is 0 Å². The molecule has 1 aromatic carbocycles. The molecule has 9 nitrogen and oxygen atoms in total. The average Bonchev–Trinajstić information content (AvgIpc) is 3.53. The van der Waals surface area contributed by atoms with Crippen molar-refractivity contribution >= 4 is 50.4 Å². The molecule has 1 aliphatic carbocycles. The van der Waals surface area contributed by atoms with Crippen LogP contribution in [0.15, 0.2) is 28.9 Å². The van der Waals surface area contributed by atoms with Crippen molar-refractivity contribution in [2.24, 2.45) is 5.92 Å². The molecule has 0 radical (unpaired) electrons. The third-order valence-electron chi connectivity index (χ3n) is 7.65. The SMILES string of the molecule is CCN(CC)C(=O)[C@@H]1C=C2c3cccc4c3c(c(Br)n4C(=O)OCOC(=O)C3CCCO3)C[C@H]2N(C)C1. The normalized spacial score (nSPS) is 22.9. The van der Waals surface area contributed by atoms with Crippen molar-refractivity contribution in [2.75, 3.05) is 40.1 Å². The zero-order valence-electron chi connectivity index (χ0n) is 21.4. The van der Waals surface area contributed by atoms with Gasteiger partial charge in [0.1, 0.15) is 0 Å². The molecule has 198 valence electrons. The van der Waals surface area contributed by atoms with Crippen LogP contribution in [0.4, 0.5) is 4.79 Å². The van der Waals surface area contributed by atoms with E-state index < -0.39 is 25.0 Å². The Hall–Kier alpha value is -2.69. The Kier molecular flexibility index (Phi) is 7.42. The van der Waals surface area contributed by atoms with Gasteiger partial charge in [-0.3, -0.25) is 9.69 Å². The Balaban J connectivity index is 1.44. The van der Waals surface area contributed by atoms with Crippen LogP contribution in [0, 0.1) is 5.92 Å². The predicted octanol–water partition coefficient (Wildman–Crippen LogP) is 3.81. The minimum Gasteiger partial charge on any atom is -0.426 e. The van der Waals surface area contributed by atoms with E-state index in [4.69, 9.17) is 14.2 Å². The van der Waals surface area contributed by atoms with Crippen LogP contribution >= 0.6 is 15.9 Å². The third kappa shape index (κ3) is 4.59. The summed E-state index contributed by atoms with van der Waals surface area (Å²) in [6.07, 6.45) is 3.01. The third-order valence-corrected chi connectivity index (χ3v) is 8.48. The summed E-state index contributed by atoms with van der Waals surface area (Å²) in [5.74, 6) is -0.599. The summed E-state index contributed by atoms with van der Waals surface area (Å²) < 4.78 is 17.9. The van der Waals surface area contributed by atoms with Crippen molar-refractivity contribution in [3.63, 3.8) is 0 Å². The van der Waals surface area contributed by atoms with E-state index in [1.807, 2.05) is 44.0 Å². The molecule has 5 rings (SSSR count). The van der Waals surface area contributed by atoms with Gasteiger partial charge in [-0.05, 0) is 78.9 Å². The number of halogens is 1. The molecule has 1 amide bonds. The van der Waals surface area contributed by atoms with Gasteiger partial charge < -0.3 is 19.1 Å². The Morgan fingerprint density at radius 1 is 1.19 bits per heavy atom. The molecule has 0 saturated carbocycles. The Bertz CT molecular complexity index is 1260. The fourth-order valence-electron chi connectivity index (χ4n) is 5.75. The number of carbonyl (C=O) groups is 3. The second-order valence-corrected chi connectivity index (χ2v) is 10.4. The lowest BCUT2D eigenvalue weighted by Crippen LogP contribution is -2.47. The first-order valence-electron chi connectivity index (χ1n) is 12.8. The van der Waals surface area contributed by atoms with Crippen molar-refractivity contribution in [1.82, 2.24) is 14.4 Å². The molecule has 3 heterocycles. The topological polar surface area (TPSA) is 90.3 Å². The van der Waals surface area contributed by atoms with Crippen LogP contribution in [-0.4, -0.2) is 84.6 Å². The van der Waals surface area contributed by atoms with Gasteiger partial charge in [0.15, 0.2) is 6.10 Å². The summed E-state index contributed by atoms with van der Waals surface area (Å²) in [6.45, 7) is 6.06. The van der Waals surface area contributed by atoms with E-state index in [0.29, 0.717) is 49.2 Å². The first kappa shape index (κ1) is 25.9. The summed E-state index contributed by atoms with van der Waals surface area (Å²) >= 11 is 3.64. The largest absolute Gasteiger partial charge is 0.426 e. The van der Waals surface area contributed by atoms with Crippen LogP contribution in [-0.2, 0) is 30.2 Å². The van der Waals surface area contributed by atoms with E-state index in [1.165, 1.54) is 4.57 Å². The van der Waals surface area contributed by atoms with Crippen LogP contribution in [0.1, 0.15) is 37.8 Å². The highest BCUT2D eigenvalue weighted by molar-refractivity contribution is 9.10. The monoisotopic (exact) mass is 573 g/mol. The van der Waals surface area contributed by atoms with E-state index in [9.17, 15) is 14.4 Å². The van der Waals surface area contributed by atoms with Crippen LogP contribution < -0.4 is 0 Å². The lowest BCUT2D eigenvalue weighted by atomic mass is 9.79. The zero-order valence-corrected chi connectivity index (χ0v) is 23.0. The standard InChI is InChI=1S/C27H32BrN3O6/c1-4-30(5-2)25(32)16-12-18-17-8-6-9-20-23(17)19(13-21(18)29(3)14-16)24(28)31(20)27(34)37-15-36-26(33)22-10-7-11-35-22/h6,8-9,12,16,21-22H,4-5,7,10-11,13-15H2,1-3H3/t16-,21-,22?/m1/s1.